The first-order valence-electron chi connectivity index (χ1n) is 6.30. The molecular weight excluding hydrogens is 238 g/mol. The predicted octanol–water partition coefficient (Wildman–Crippen LogP) is 2.60. The zero-order chi connectivity index (χ0) is 14.3. The van der Waals surface area contributed by atoms with Crippen LogP contribution in [0.3, 0.4) is 0 Å². The summed E-state index contributed by atoms with van der Waals surface area (Å²) in [5.41, 5.74) is 1.04. The van der Waals surface area contributed by atoms with Crippen LogP contribution in [0.1, 0.15) is 27.7 Å². The number of nitrogens with one attached hydrogen (secondary N) is 2. The quantitative estimate of drug-likeness (QED) is 0.379. The van der Waals surface area contributed by atoms with Gasteiger partial charge in [0.15, 0.2) is 6.19 Å². The molecule has 0 fully saturated rings. The second-order valence-electron chi connectivity index (χ2n) is 5.55. The second kappa shape index (κ2) is 6.74. The molecule has 0 bridgehead atoms. The van der Waals surface area contributed by atoms with Crippen LogP contribution in [0.15, 0.2) is 29.5 Å². The van der Waals surface area contributed by atoms with Gasteiger partial charge in [-0.05, 0) is 23.5 Å². The minimum Gasteiger partial charge on any atom is -0.325 e. The van der Waals surface area contributed by atoms with Crippen LogP contribution in [0.2, 0.25) is 0 Å². The van der Waals surface area contributed by atoms with Gasteiger partial charge in [0, 0.05) is 24.6 Å². The van der Waals surface area contributed by atoms with E-state index in [0.29, 0.717) is 18.4 Å². The normalized spacial score (nSPS) is 13.5. The van der Waals surface area contributed by atoms with E-state index >= 15 is 0 Å². The van der Waals surface area contributed by atoms with Gasteiger partial charge in [-0.3, -0.25) is 15.3 Å². The lowest BCUT2D eigenvalue weighted by molar-refractivity contribution is 0.269. The van der Waals surface area contributed by atoms with Crippen molar-refractivity contribution in [2.75, 3.05) is 11.9 Å². The average molecular weight is 259 g/mol. The van der Waals surface area contributed by atoms with Crippen molar-refractivity contribution in [3.63, 3.8) is 0 Å². The Hall–Kier alpha value is -2.09. The van der Waals surface area contributed by atoms with Gasteiger partial charge in [-0.25, -0.2) is 0 Å². The standard InChI is InChI=1S/C14H21N5/c1-11(14(2,3)4)9-17-13(18-10-15)19-12-5-7-16-8-6-12/h5-8,11H,9H2,1-4H3,(H2,16,17,18,19). The molecule has 102 valence electrons. The number of hydrogen-bond donors (Lipinski definition) is 2. The average Bonchev–Trinajstić information content (AvgIpc) is 2.36. The lowest BCUT2D eigenvalue weighted by Gasteiger charge is -2.25. The Morgan fingerprint density at radius 3 is 2.58 bits per heavy atom. The van der Waals surface area contributed by atoms with Crippen molar-refractivity contribution < 1.29 is 0 Å². The number of hydrogen-bond acceptors (Lipinski definition) is 3. The molecule has 0 aliphatic rings. The van der Waals surface area contributed by atoms with Crippen molar-refractivity contribution >= 4 is 11.6 Å². The highest BCUT2D eigenvalue weighted by atomic mass is 15.2. The first kappa shape index (κ1) is 15.0. The molecule has 0 aromatic carbocycles. The van der Waals surface area contributed by atoms with Crippen molar-refractivity contribution in [2.45, 2.75) is 27.7 Å². The Labute approximate surface area is 114 Å². The van der Waals surface area contributed by atoms with Crippen LogP contribution in [0, 0.1) is 22.8 Å². The van der Waals surface area contributed by atoms with E-state index in [-0.39, 0.29) is 5.41 Å². The van der Waals surface area contributed by atoms with Crippen LogP contribution < -0.4 is 10.6 Å². The number of nitriles is 1. The van der Waals surface area contributed by atoms with Gasteiger partial charge in [-0.2, -0.15) is 5.26 Å². The van der Waals surface area contributed by atoms with E-state index in [1.165, 1.54) is 0 Å². The number of nitrogens with zero attached hydrogens (tertiary/aromatic N) is 3. The Kier molecular flexibility index (Phi) is 5.31. The summed E-state index contributed by atoms with van der Waals surface area (Å²) in [6.45, 7) is 9.36. The van der Waals surface area contributed by atoms with Crippen molar-refractivity contribution in [1.29, 1.82) is 5.26 Å². The summed E-state index contributed by atoms with van der Waals surface area (Å²) in [6.07, 6.45) is 5.26. The molecule has 1 heterocycles. The molecule has 0 saturated heterocycles. The molecule has 0 radical (unpaired) electrons. The van der Waals surface area contributed by atoms with E-state index in [2.05, 4.69) is 48.3 Å². The third kappa shape index (κ3) is 5.38. The maximum atomic E-state index is 8.75. The van der Waals surface area contributed by atoms with Gasteiger partial charge in [-0.15, -0.1) is 0 Å². The summed E-state index contributed by atoms with van der Waals surface area (Å²) in [5, 5.41) is 14.4. The molecule has 2 N–H and O–H groups in total. The van der Waals surface area contributed by atoms with Gasteiger partial charge in [0.1, 0.15) is 0 Å². The SMILES string of the molecule is CC(CN=C(NC#N)Nc1ccncc1)C(C)(C)C. The molecule has 1 aromatic rings. The van der Waals surface area contributed by atoms with Gasteiger partial charge < -0.3 is 5.32 Å². The number of rotatable bonds is 3. The summed E-state index contributed by atoms with van der Waals surface area (Å²) in [5.74, 6) is 0.882. The molecule has 1 rings (SSSR count). The highest BCUT2D eigenvalue weighted by molar-refractivity contribution is 5.94. The lowest BCUT2D eigenvalue weighted by Crippen LogP contribution is -2.29. The zero-order valence-corrected chi connectivity index (χ0v) is 11.9. The largest absolute Gasteiger partial charge is 0.325 e. The van der Waals surface area contributed by atoms with Crippen LogP contribution in [0.25, 0.3) is 0 Å². The molecule has 1 unspecified atom stereocenters. The van der Waals surface area contributed by atoms with Crippen LogP contribution in [-0.2, 0) is 0 Å². The molecule has 1 atom stereocenters. The van der Waals surface area contributed by atoms with Crippen LogP contribution >= 0.6 is 0 Å². The number of pyridine rings is 1. The number of aromatic nitrogens is 1. The molecular formula is C14H21N5. The van der Waals surface area contributed by atoms with E-state index < -0.39 is 0 Å². The lowest BCUT2D eigenvalue weighted by atomic mass is 9.82. The van der Waals surface area contributed by atoms with Gasteiger partial charge in [0.2, 0.25) is 5.96 Å². The minimum absolute atomic E-state index is 0.192. The fourth-order valence-corrected chi connectivity index (χ4v) is 1.24. The molecule has 1 aromatic heterocycles. The van der Waals surface area contributed by atoms with Crippen molar-refractivity contribution in [3.05, 3.63) is 24.5 Å². The molecule has 5 heteroatoms. The van der Waals surface area contributed by atoms with Gasteiger partial charge >= 0.3 is 0 Å². The maximum Gasteiger partial charge on any atom is 0.209 e. The second-order valence-corrected chi connectivity index (χ2v) is 5.55. The molecule has 0 spiro atoms. The fraction of sp³-hybridized carbons (Fsp3) is 0.500. The van der Waals surface area contributed by atoms with Gasteiger partial charge in [0.25, 0.3) is 0 Å². The molecule has 0 aliphatic carbocycles. The van der Waals surface area contributed by atoms with E-state index in [4.69, 9.17) is 5.26 Å². The molecule has 0 aliphatic heterocycles. The van der Waals surface area contributed by atoms with Crippen molar-refractivity contribution in [3.8, 4) is 6.19 Å². The Bertz CT molecular complexity index is 453. The van der Waals surface area contributed by atoms with Crippen molar-refractivity contribution in [2.24, 2.45) is 16.3 Å². The number of guanidine groups is 1. The summed E-state index contributed by atoms with van der Waals surface area (Å²) >= 11 is 0. The Balaban J connectivity index is 2.70. The van der Waals surface area contributed by atoms with E-state index in [9.17, 15) is 0 Å². The van der Waals surface area contributed by atoms with E-state index in [1.807, 2.05) is 18.3 Å². The minimum atomic E-state index is 0.192. The molecule has 0 saturated carbocycles. The van der Waals surface area contributed by atoms with Crippen LogP contribution in [0.4, 0.5) is 5.69 Å². The summed E-state index contributed by atoms with van der Waals surface area (Å²) in [6, 6.07) is 3.64. The summed E-state index contributed by atoms with van der Waals surface area (Å²) < 4.78 is 0. The number of anilines is 1. The topological polar surface area (TPSA) is 73.1 Å². The zero-order valence-electron chi connectivity index (χ0n) is 11.9. The monoisotopic (exact) mass is 259 g/mol. The number of aliphatic imine (C=N–C) groups is 1. The maximum absolute atomic E-state index is 8.75. The third-order valence-electron chi connectivity index (χ3n) is 3.12. The molecule has 0 amide bonds. The van der Waals surface area contributed by atoms with Crippen LogP contribution in [-0.4, -0.2) is 17.5 Å². The van der Waals surface area contributed by atoms with Gasteiger partial charge in [0.05, 0.1) is 0 Å². The van der Waals surface area contributed by atoms with Crippen LogP contribution in [0.5, 0.6) is 0 Å². The Morgan fingerprint density at radius 1 is 1.42 bits per heavy atom. The van der Waals surface area contributed by atoms with Crippen molar-refractivity contribution in [1.82, 2.24) is 10.3 Å². The van der Waals surface area contributed by atoms with Gasteiger partial charge in [-0.1, -0.05) is 27.7 Å². The first-order valence-corrected chi connectivity index (χ1v) is 6.30. The summed E-state index contributed by atoms with van der Waals surface area (Å²) in [4.78, 5) is 8.37. The molecule has 5 nitrogen and oxygen atoms in total. The summed E-state index contributed by atoms with van der Waals surface area (Å²) in [7, 11) is 0. The van der Waals surface area contributed by atoms with E-state index in [0.717, 1.165) is 5.69 Å². The smallest absolute Gasteiger partial charge is 0.209 e. The molecule has 19 heavy (non-hydrogen) atoms. The highest BCUT2D eigenvalue weighted by Gasteiger charge is 2.19. The highest BCUT2D eigenvalue weighted by Crippen LogP contribution is 2.25. The third-order valence-corrected chi connectivity index (χ3v) is 3.12. The Morgan fingerprint density at radius 2 is 2.05 bits per heavy atom. The first-order chi connectivity index (χ1) is 8.93. The predicted molar refractivity (Wildman–Crippen MR) is 77.5 cm³/mol. The fourth-order valence-electron chi connectivity index (χ4n) is 1.24. The van der Waals surface area contributed by atoms with E-state index in [1.54, 1.807) is 12.4 Å².